The van der Waals surface area contributed by atoms with Crippen molar-refractivity contribution >= 4 is 34.4 Å². The van der Waals surface area contributed by atoms with E-state index in [1.54, 1.807) is 25.1 Å². The van der Waals surface area contributed by atoms with Crippen molar-refractivity contribution in [3.8, 4) is 5.75 Å². The molecule has 2 aromatic carbocycles. The highest BCUT2D eigenvalue weighted by molar-refractivity contribution is 6.71. The van der Waals surface area contributed by atoms with E-state index < -0.39 is 0 Å². The third-order valence-corrected chi connectivity index (χ3v) is 3.31. The molecule has 1 amide bonds. The van der Waals surface area contributed by atoms with Gasteiger partial charge in [-0.15, -0.1) is 0 Å². The highest BCUT2D eigenvalue weighted by Gasteiger charge is 2.30. The van der Waals surface area contributed by atoms with Crippen LogP contribution >= 0.6 is 0 Å². The summed E-state index contributed by atoms with van der Waals surface area (Å²) in [6, 6.07) is 13.7. The maximum Gasteiger partial charge on any atom is 0.301 e. The molecule has 0 unspecified atom stereocenters. The number of aromatic hydroxyl groups is 1. The van der Waals surface area contributed by atoms with Crippen molar-refractivity contribution < 1.29 is 9.90 Å². The number of hydrogen-bond donors (Lipinski definition) is 3. The minimum atomic E-state index is -0.312. The van der Waals surface area contributed by atoms with Crippen molar-refractivity contribution in [1.29, 1.82) is 0 Å². The molecule has 1 aliphatic heterocycles. The van der Waals surface area contributed by atoms with Crippen LogP contribution in [0.4, 0.5) is 17.1 Å². The highest BCUT2D eigenvalue weighted by atomic mass is 16.3. The van der Waals surface area contributed by atoms with E-state index in [0.29, 0.717) is 17.1 Å². The average Bonchev–Trinajstić information content (AvgIpc) is 2.84. The van der Waals surface area contributed by atoms with Gasteiger partial charge in [-0.25, -0.2) is 0 Å². The third kappa shape index (κ3) is 2.84. The summed E-state index contributed by atoms with van der Waals surface area (Å²) >= 11 is 0. The number of hydrazone groups is 2. The Morgan fingerprint density at radius 2 is 1.96 bits per heavy atom. The molecular weight excluding hydrogens is 294 g/mol. The first-order valence-electron chi connectivity index (χ1n) is 6.93. The van der Waals surface area contributed by atoms with Crippen molar-refractivity contribution in [1.82, 2.24) is 0 Å². The fourth-order valence-electron chi connectivity index (χ4n) is 2.12. The summed E-state index contributed by atoms with van der Waals surface area (Å²) in [5, 5.41) is 19.0. The van der Waals surface area contributed by atoms with E-state index in [4.69, 9.17) is 5.73 Å². The largest absolute Gasteiger partial charge is 0.506 e. The van der Waals surface area contributed by atoms with Crippen molar-refractivity contribution in [2.75, 3.05) is 16.2 Å². The van der Waals surface area contributed by atoms with E-state index in [1.807, 2.05) is 18.2 Å². The number of phenolic OH excluding ortho intramolecular Hbond substituents is 1. The van der Waals surface area contributed by atoms with Crippen LogP contribution in [0, 0.1) is 0 Å². The van der Waals surface area contributed by atoms with Gasteiger partial charge in [-0.3, -0.25) is 10.2 Å². The number of benzene rings is 2. The van der Waals surface area contributed by atoms with Gasteiger partial charge in [0.1, 0.15) is 5.75 Å². The Morgan fingerprint density at radius 3 is 2.65 bits per heavy atom. The van der Waals surface area contributed by atoms with Crippen LogP contribution in [-0.4, -0.2) is 22.4 Å². The SMILES string of the molecule is CC1=NN(c2ccccc2)C(=O)/C1=N\Nc1ccc(O)c(N)c1. The van der Waals surface area contributed by atoms with Gasteiger partial charge in [0.05, 0.1) is 22.8 Å². The Morgan fingerprint density at radius 1 is 1.22 bits per heavy atom. The quantitative estimate of drug-likeness (QED) is 0.350. The maximum atomic E-state index is 12.4. The van der Waals surface area contributed by atoms with Gasteiger partial charge in [-0.2, -0.15) is 15.2 Å². The zero-order chi connectivity index (χ0) is 16.4. The van der Waals surface area contributed by atoms with Crippen LogP contribution in [0.1, 0.15) is 6.92 Å². The number of anilines is 3. The second-order valence-corrected chi connectivity index (χ2v) is 4.98. The molecule has 116 valence electrons. The smallest absolute Gasteiger partial charge is 0.301 e. The van der Waals surface area contributed by atoms with Crippen LogP contribution < -0.4 is 16.2 Å². The summed E-state index contributed by atoms with van der Waals surface area (Å²) in [7, 11) is 0. The van der Waals surface area contributed by atoms with Gasteiger partial charge in [-0.1, -0.05) is 18.2 Å². The van der Waals surface area contributed by atoms with Crippen molar-refractivity contribution in [3.63, 3.8) is 0 Å². The molecular formula is C16H15N5O2. The fraction of sp³-hybridized carbons (Fsp3) is 0.0625. The zero-order valence-corrected chi connectivity index (χ0v) is 12.4. The molecule has 0 fully saturated rings. The number of carbonyl (C=O) groups excluding carboxylic acids is 1. The van der Waals surface area contributed by atoms with Crippen molar-refractivity contribution in [3.05, 3.63) is 48.5 Å². The lowest BCUT2D eigenvalue weighted by atomic mass is 10.2. The molecule has 2 aromatic rings. The molecule has 0 aromatic heterocycles. The Balaban J connectivity index is 1.82. The molecule has 3 rings (SSSR count). The van der Waals surface area contributed by atoms with Gasteiger partial charge in [0.2, 0.25) is 0 Å². The van der Waals surface area contributed by atoms with E-state index in [-0.39, 0.29) is 23.1 Å². The number of hydrogen-bond acceptors (Lipinski definition) is 6. The first-order valence-corrected chi connectivity index (χ1v) is 6.93. The molecule has 0 saturated heterocycles. The number of nitrogens with two attached hydrogens (primary N) is 1. The van der Waals surface area contributed by atoms with Gasteiger partial charge in [-0.05, 0) is 37.3 Å². The Kier molecular flexibility index (Phi) is 3.68. The lowest BCUT2D eigenvalue weighted by Gasteiger charge is -2.10. The van der Waals surface area contributed by atoms with Crippen LogP contribution in [-0.2, 0) is 4.79 Å². The maximum absolute atomic E-state index is 12.4. The lowest BCUT2D eigenvalue weighted by molar-refractivity contribution is -0.112. The van der Waals surface area contributed by atoms with E-state index in [9.17, 15) is 9.90 Å². The molecule has 7 heteroatoms. The number of carbonyl (C=O) groups is 1. The zero-order valence-electron chi connectivity index (χ0n) is 12.4. The Labute approximate surface area is 132 Å². The summed E-state index contributed by atoms with van der Waals surface area (Å²) < 4.78 is 0. The predicted molar refractivity (Wildman–Crippen MR) is 90.6 cm³/mol. The van der Waals surface area contributed by atoms with Crippen LogP contribution in [0.3, 0.4) is 0 Å². The second-order valence-electron chi connectivity index (χ2n) is 4.98. The molecule has 23 heavy (non-hydrogen) atoms. The summed E-state index contributed by atoms with van der Waals surface area (Å²) in [5.41, 5.74) is 10.6. The third-order valence-electron chi connectivity index (χ3n) is 3.31. The van der Waals surface area contributed by atoms with Crippen LogP contribution in [0.2, 0.25) is 0 Å². The van der Waals surface area contributed by atoms with Crippen LogP contribution in [0.5, 0.6) is 5.75 Å². The molecule has 1 aliphatic rings. The van der Waals surface area contributed by atoms with Crippen molar-refractivity contribution in [2.45, 2.75) is 6.92 Å². The first kappa shape index (κ1) is 14.6. The number of para-hydroxylation sites is 1. The second kappa shape index (κ2) is 5.80. The van der Waals surface area contributed by atoms with Gasteiger partial charge in [0.25, 0.3) is 0 Å². The van der Waals surface area contributed by atoms with Gasteiger partial charge in [0, 0.05) is 0 Å². The summed E-state index contributed by atoms with van der Waals surface area (Å²) in [6.07, 6.45) is 0. The van der Waals surface area contributed by atoms with Gasteiger partial charge >= 0.3 is 5.91 Å². The Bertz CT molecular complexity index is 814. The van der Waals surface area contributed by atoms with Crippen LogP contribution in [0.25, 0.3) is 0 Å². The van der Waals surface area contributed by atoms with Crippen molar-refractivity contribution in [2.24, 2.45) is 10.2 Å². The van der Waals surface area contributed by atoms with E-state index in [0.717, 1.165) is 0 Å². The fourth-order valence-corrected chi connectivity index (χ4v) is 2.12. The van der Waals surface area contributed by atoms with Gasteiger partial charge in [0.15, 0.2) is 5.71 Å². The monoisotopic (exact) mass is 309 g/mol. The number of amides is 1. The molecule has 7 nitrogen and oxygen atoms in total. The normalized spacial score (nSPS) is 15.9. The van der Waals surface area contributed by atoms with Gasteiger partial charge < -0.3 is 10.8 Å². The molecule has 0 aliphatic carbocycles. The lowest BCUT2D eigenvalue weighted by Crippen LogP contribution is -2.27. The highest BCUT2D eigenvalue weighted by Crippen LogP contribution is 2.24. The molecule has 0 atom stereocenters. The first-order chi connectivity index (χ1) is 11.1. The topological polar surface area (TPSA) is 103 Å². The minimum Gasteiger partial charge on any atom is -0.506 e. The van der Waals surface area contributed by atoms with Crippen LogP contribution in [0.15, 0.2) is 58.7 Å². The summed E-state index contributed by atoms with van der Waals surface area (Å²) in [6.45, 7) is 1.71. The summed E-state index contributed by atoms with van der Waals surface area (Å²) in [4.78, 5) is 12.4. The Hall–Kier alpha value is -3.35. The average molecular weight is 309 g/mol. The molecule has 0 bridgehead atoms. The number of nitrogen functional groups attached to an aromatic ring is 1. The number of nitrogens with one attached hydrogen (secondary N) is 1. The van der Waals surface area contributed by atoms with E-state index >= 15 is 0 Å². The summed E-state index contributed by atoms with van der Waals surface area (Å²) in [5.74, 6) is -0.318. The minimum absolute atomic E-state index is 0.00635. The molecule has 0 radical (unpaired) electrons. The standard InChI is InChI=1S/C16H15N5O2/c1-10-15(19-18-11-7-8-14(22)13(17)9-11)16(23)21(20-10)12-5-3-2-4-6-12/h2-9,18,22H,17H2,1H3/b19-15-. The molecule has 1 heterocycles. The van der Waals surface area contributed by atoms with E-state index in [2.05, 4.69) is 15.6 Å². The number of phenols is 1. The molecule has 4 N–H and O–H groups in total. The molecule has 0 spiro atoms. The van der Waals surface area contributed by atoms with E-state index in [1.165, 1.54) is 17.1 Å². The molecule has 0 saturated carbocycles. The number of nitrogens with zero attached hydrogens (tertiary/aromatic N) is 3. The predicted octanol–water partition coefficient (Wildman–Crippen LogP) is 2.17. The number of rotatable bonds is 3.